The van der Waals surface area contributed by atoms with E-state index in [0.717, 1.165) is 19.3 Å². The second kappa shape index (κ2) is 4.04. The van der Waals surface area contributed by atoms with E-state index < -0.39 is 0 Å². The molecular weight excluding hydrogens is 154 g/mol. The van der Waals surface area contributed by atoms with Crippen LogP contribution in [-0.4, -0.2) is 16.7 Å². The van der Waals surface area contributed by atoms with Crippen molar-refractivity contribution < 1.29 is 10.0 Å². The van der Waals surface area contributed by atoms with Gasteiger partial charge in [-0.2, -0.15) is 0 Å². The van der Waals surface area contributed by atoms with Gasteiger partial charge in [-0.15, -0.1) is 0 Å². The Balaban J connectivity index is 2.58. The highest BCUT2D eigenvalue weighted by Crippen LogP contribution is 2.19. The van der Waals surface area contributed by atoms with Crippen LogP contribution in [0.2, 0.25) is 0 Å². The predicted octanol–water partition coefficient (Wildman–Crippen LogP) is 1.76. The van der Waals surface area contributed by atoms with Crippen molar-refractivity contribution in [3.8, 4) is 0 Å². The SMILES string of the molecule is C/C(=N\O)C(=O)C1CC=CCC1. The van der Waals surface area contributed by atoms with Crippen LogP contribution in [0.3, 0.4) is 0 Å². The Labute approximate surface area is 71.8 Å². The first kappa shape index (κ1) is 8.97. The second-order valence-electron chi connectivity index (χ2n) is 3.03. The molecule has 66 valence electrons. The van der Waals surface area contributed by atoms with Crippen LogP contribution < -0.4 is 0 Å². The van der Waals surface area contributed by atoms with Crippen LogP contribution in [0.15, 0.2) is 17.3 Å². The number of hydrogen-bond acceptors (Lipinski definition) is 3. The number of hydrogen-bond donors (Lipinski definition) is 1. The van der Waals surface area contributed by atoms with E-state index in [1.54, 1.807) is 6.92 Å². The van der Waals surface area contributed by atoms with Gasteiger partial charge >= 0.3 is 0 Å². The predicted molar refractivity (Wildman–Crippen MR) is 46.4 cm³/mol. The van der Waals surface area contributed by atoms with Gasteiger partial charge < -0.3 is 5.21 Å². The smallest absolute Gasteiger partial charge is 0.183 e. The standard InChI is InChI=1S/C9H13NO2/c1-7(10-12)9(11)8-5-3-2-4-6-8/h2-3,8,12H,4-6H2,1H3/b10-7+. The average Bonchev–Trinajstić information content (AvgIpc) is 2.17. The zero-order chi connectivity index (χ0) is 8.97. The lowest BCUT2D eigenvalue weighted by Gasteiger charge is -2.14. The van der Waals surface area contributed by atoms with E-state index in [2.05, 4.69) is 11.2 Å². The molecule has 1 atom stereocenters. The summed E-state index contributed by atoms with van der Waals surface area (Å²) in [5, 5.41) is 11.3. The van der Waals surface area contributed by atoms with E-state index >= 15 is 0 Å². The van der Waals surface area contributed by atoms with Gasteiger partial charge in [0.15, 0.2) is 5.78 Å². The Hall–Kier alpha value is -1.12. The summed E-state index contributed by atoms with van der Waals surface area (Å²) < 4.78 is 0. The maximum absolute atomic E-state index is 11.4. The van der Waals surface area contributed by atoms with Crippen LogP contribution >= 0.6 is 0 Å². The Morgan fingerprint density at radius 1 is 1.58 bits per heavy atom. The molecule has 1 N–H and O–H groups in total. The first-order valence-corrected chi connectivity index (χ1v) is 4.13. The molecule has 0 aromatic rings. The van der Waals surface area contributed by atoms with Crippen molar-refractivity contribution in [2.45, 2.75) is 26.2 Å². The van der Waals surface area contributed by atoms with Gasteiger partial charge in [-0.3, -0.25) is 4.79 Å². The zero-order valence-corrected chi connectivity index (χ0v) is 7.16. The molecule has 0 radical (unpaired) electrons. The second-order valence-corrected chi connectivity index (χ2v) is 3.03. The molecule has 0 saturated carbocycles. The first-order chi connectivity index (χ1) is 5.75. The van der Waals surface area contributed by atoms with Gasteiger partial charge in [-0.05, 0) is 26.2 Å². The summed E-state index contributed by atoms with van der Waals surface area (Å²) in [7, 11) is 0. The maximum Gasteiger partial charge on any atom is 0.183 e. The van der Waals surface area contributed by atoms with Crippen LogP contribution in [0.1, 0.15) is 26.2 Å². The van der Waals surface area contributed by atoms with E-state index in [4.69, 9.17) is 5.21 Å². The van der Waals surface area contributed by atoms with Crippen LogP contribution in [0, 0.1) is 5.92 Å². The quantitative estimate of drug-likeness (QED) is 0.295. The van der Waals surface area contributed by atoms with Crippen molar-refractivity contribution in [2.75, 3.05) is 0 Å². The highest BCUT2D eigenvalue weighted by molar-refractivity contribution is 6.39. The van der Waals surface area contributed by atoms with E-state index in [1.165, 1.54) is 0 Å². The molecule has 0 aliphatic heterocycles. The van der Waals surface area contributed by atoms with Crippen LogP contribution in [0.4, 0.5) is 0 Å². The molecular formula is C9H13NO2. The molecule has 1 aliphatic carbocycles. The van der Waals surface area contributed by atoms with Gasteiger partial charge in [-0.25, -0.2) is 0 Å². The van der Waals surface area contributed by atoms with Crippen molar-refractivity contribution in [1.82, 2.24) is 0 Å². The molecule has 0 aromatic carbocycles. The zero-order valence-electron chi connectivity index (χ0n) is 7.16. The topological polar surface area (TPSA) is 49.7 Å². The number of carbonyl (C=O) groups is 1. The molecule has 0 amide bonds. The van der Waals surface area contributed by atoms with Crippen LogP contribution in [-0.2, 0) is 4.79 Å². The minimum Gasteiger partial charge on any atom is -0.411 e. The van der Waals surface area contributed by atoms with E-state index in [1.807, 2.05) is 6.08 Å². The van der Waals surface area contributed by atoms with Crippen molar-refractivity contribution in [1.29, 1.82) is 0 Å². The normalized spacial score (nSPS) is 24.1. The third-order valence-electron chi connectivity index (χ3n) is 2.15. The van der Waals surface area contributed by atoms with Crippen molar-refractivity contribution >= 4 is 11.5 Å². The van der Waals surface area contributed by atoms with Crippen LogP contribution in [0.5, 0.6) is 0 Å². The average molecular weight is 167 g/mol. The van der Waals surface area contributed by atoms with Gasteiger partial charge in [-0.1, -0.05) is 17.3 Å². The maximum atomic E-state index is 11.4. The van der Waals surface area contributed by atoms with Gasteiger partial charge in [0, 0.05) is 5.92 Å². The third-order valence-corrected chi connectivity index (χ3v) is 2.15. The Bertz CT molecular complexity index is 231. The summed E-state index contributed by atoms with van der Waals surface area (Å²) in [5.74, 6) is 0.00718. The van der Waals surface area contributed by atoms with Gasteiger partial charge in [0.2, 0.25) is 0 Å². The lowest BCUT2D eigenvalue weighted by molar-refractivity contribution is -0.116. The summed E-state index contributed by atoms with van der Waals surface area (Å²) in [5.41, 5.74) is 0.218. The fourth-order valence-electron chi connectivity index (χ4n) is 1.38. The first-order valence-electron chi connectivity index (χ1n) is 4.13. The monoisotopic (exact) mass is 167 g/mol. The van der Waals surface area contributed by atoms with Crippen molar-refractivity contribution in [3.63, 3.8) is 0 Å². The summed E-state index contributed by atoms with van der Waals surface area (Å²) in [6.45, 7) is 1.54. The Morgan fingerprint density at radius 3 is 2.83 bits per heavy atom. The third kappa shape index (κ3) is 1.94. The number of ketones is 1. The van der Waals surface area contributed by atoms with E-state index in [-0.39, 0.29) is 17.4 Å². The number of Topliss-reactive ketones (excluding diaryl/α,β-unsaturated/α-hetero) is 1. The highest BCUT2D eigenvalue weighted by atomic mass is 16.4. The number of nitrogens with zero attached hydrogens (tertiary/aromatic N) is 1. The molecule has 0 bridgehead atoms. The van der Waals surface area contributed by atoms with Gasteiger partial charge in [0.1, 0.15) is 5.71 Å². The van der Waals surface area contributed by atoms with Crippen molar-refractivity contribution in [2.24, 2.45) is 11.1 Å². The van der Waals surface area contributed by atoms with Gasteiger partial charge in [0.05, 0.1) is 0 Å². The van der Waals surface area contributed by atoms with Gasteiger partial charge in [0.25, 0.3) is 0 Å². The number of oxime groups is 1. The summed E-state index contributed by atoms with van der Waals surface area (Å²) in [6.07, 6.45) is 6.70. The molecule has 0 saturated heterocycles. The number of rotatable bonds is 2. The molecule has 3 nitrogen and oxygen atoms in total. The number of allylic oxidation sites excluding steroid dienone is 2. The molecule has 1 rings (SSSR count). The fourth-order valence-corrected chi connectivity index (χ4v) is 1.38. The molecule has 1 aliphatic rings. The van der Waals surface area contributed by atoms with E-state index in [9.17, 15) is 4.79 Å². The largest absolute Gasteiger partial charge is 0.411 e. The Kier molecular flexibility index (Phi) is 3.02. The molecule has 12 heavy (non-hydrogen) atoms. The molecule has 0 aromatic heterocycles. The summed E-state index contributed by atoms with van der Waals surface area (Å²) in [4.78, 5) is 11.4. The minimum atomic E-state index is -0.0261. The minimum absolute atomic E-state index is 0.0261. The summed E-state index contributed by atoms with van der Waals surface area (Å²) in [6, 6.07) is 0. The van der Waals surface area contributed by atoms with E-state index in [0.29, 0.717) is 0 Å². The Morgan fingerprint density at radius 2 is 2.33 bits per heavy atom. The number of carbonyl (C=O) groups excluding carboxylic acids is 1. The molecule has 0 fully saturated rings. The van der Waals surface area contributed by atoms with Crippen molar-refractivity contribution in [3.05, 3.63) is 12.2 Å². The lowest BCUT2D eigenvalue weighted by atomic mass is 9.89. The fraction of sp³-hybridized carbons (Fsp3) is 0.556. The molecule has 0 heterocycles. The molecule has 1 unspecified atom stereocenters. The summed E-state index contributed by atoms with van der Waals surface area (Å²) >= 11 is 0. The molecule has 0 spiro atoms. The molecule has 3 heteroatoms. The lowest BCUT2D eigenvalue weighted by Crippen LogP contribution is -2.22. The highest BCUT2D eigenvalue weighted by Gasteiger charge is 2.20. The van der Waals surface area contributed by atoms with Crippen LogP contribution in [0.25, 0.3) is 0 Å².